The van der Waals surface area contributed by atoms with Crippen LogP contribution in [0.15, 0.2) is 24.3 Å². The number of primary amides is 1. The second-order valence-corrected chi connectivity index (χ2v) is 9.81. The Hall–Kier alpha value is -1.52. The zero-order valence-electron chi connectivity index (χ0n) is 16.6. The largest absolute Gasteiger partial charge is 0.364 e. The highest BCUT2D eigenvalue weighted by Gasteiger charge is 2.54. The maximum Gasteiger partial charge on any atom is 0.292 e. The summed E-state index contributed by atoms with van der Waals surface area (Å²) in [4.78, 5) is 41.9. The van der Waals surface area contributed by atoms with Gasteiger partial charge in [-0.2, -0.15) is 0 Å². The first-order valence-electron chi connectivity index (χ1n) is 10.5. The van der Waals surface area contributed by atoms with Crippen molar-refractivity contribution in [2.24, 2.45) is 5.73 Å². The highest BCUT2D eigenvalue weighted by molar-refractivity contribution is 14.1. The number of benzene rings is 1. The summed E-state index contributed by atoms with van der Waals surface area (Å²) in [5, 5.41) is 0. The molecule has 3 heterocycles. The van der Waals surface area contributed by atoms with E-state index in [2.05, 4.69) is 22.6 Å². The van der Waals surface area contributed by atoms with Gasteiger partial charge >= 0.3 is 0 Å². The summed E-state index contributed by atoms with van der Waals surface area (Å²) in [5.41, 5.74) is 6.03. The van der Waals surface area contributed by atoms with E-state index in [4.69, 9.17) is 5.73 Å². The summed E-state index contributed by atoms with van der Waals surface area (Å²) in [5.74, 6) is -0.465. The maximum absolute atomic E-state index is 13.1. The molecule has 3 fully saturated rings. The molecule has 3 amide bonds. The van der Waals surface area contributed by atoms with Gasteiger partial charge in [-0.05, 0) is 66.1 Å². The first-order chi connectivity index (χ1) is 13.9. The fourth-order valence-electron chi connectivity index (χ4n) is 5.39. The molecule has 0 spiro atoms. The van der Waals surface area contributed by atoms with Gasteiger partial charge in [-0.3, -0.25) is 14.4 Å². The molecule has 0 aromatic heterocycles. The Morgan fingerprint density at radius 1 is 1.03 bits per heavy atom. The number of carbonyl (C=O) groups excluding carboxylic acids is 3. The zero-order chi connectivity index (χ0) is 20.6. The van der Waals surface area contributed by atoms with E-state index in [1.807, 2.05) is 24.3 Å². The molecule has 0 saturated carbocycles. The van der Waals surface area contributed by atoms with Gasteiger partial charge in [-0.1, -0.05) is 0 Å². The fraction of sp³-hybridized carbons (Fsp3) is 0.571. The van der Waals surface area contributed by atoms with E-state index < -0.39 is 5.54 Å². The second-order valence-electron chi connectivity index (χ2n) is 8.57. The van der Waals surface area contributed by atoms with Crippen LogP contribution in [-0.2, 0) is 14.4 Å². The number of rotatable bonds is 4. The number of piperidine rings is 2. The van der Waals surface area contributed by atoms with Gasteiger partial charge < -0.3 is 15.5 Å². The molecule has 0 unspecified atom stereocenters. The summed E-state index contributed by atoms with van der Waals surface area (Å²) in [6, 6.07) is 7.09. The van der Waals surface area contributed by atoms with E-state index in [-0.39, 0.29) is 30.2 Å². The Labute approximate surface area is 184 Å². The van der Waals surface area contributed by atoms with Gasteiger partial charge in [0, 0.05) is 3.57 Å². The molecule has 0 radical (unpaired) electrons. The number of amides is 3. The van der Waals surface area contributed by atoms with E-state index in [0.29, 0.717) is 31.6 Å². The normalized spacial score (nSPS) is 31.3. The summed E-state index contributed by atoms with van der Waals surface area (Å²) in [6.07, 6.45) is 5.12. The molecule has 29 heavy (non-hydrogen) atoms. The number of carbonyl (C=O) groups is 3. The molecule has 1 atom stereocenters. The van der Waals surface area contributed by atoms with E-state index in [1.165, 1.54) is 16.2 Å². The Kier molecular flexibility index (Phi) is 5.94. The van der Waals surface area contributed by atoms with E-state index in [0.717, 1.165) is 34.4 Å². The summed E-state index contributed by atoms with van der Waals surface area (Å²) < 4.78 is 1.06. The Morgan fingerprint density at radius 2 is 1.66 bits per heavy atom. The number of hydrogen-bond donors (Lipinski definition) is 3. The number of imide groups is 1. The van der Waals surface area contributed by atoms with Crippen LogP contribution in [-0.4, -0.2) is 55.5 Å². The number of nitrogens with two attached hydrogens (primary N) is 1. The lowest BCUT2D eigenvalue weighted by Gasteiger charge is -2.44. The minimum Gasteiger partial charge on any atom is -0.364 e. The van der Waals surface area contributed by atoms with Gasteiger partial charge in [0.2, 0.25) is 5.91 Å². The Balaban J connectivity index is 1.47. The van der Waals surface area contributed by atoms with Crippen molar-refractivity contribution < 1.29 is 24.2 Å². The average Bonchev–Trinajstić information content (AvgIpc) is 3.03. The molecule has 3 aliphatic rings. The number of halogens is 1. The van der Waals surface area contributed by atoms with Crippen LogP contribution in [0.4, 0.5) is 5.69 Å². The van der Waals surface area contributed by atoms with Crippen molar-refractivity contribution in [1.82, 2.24) is 0 Å². The van der Waals surface area contributed by atoms with Crippen LogP contribution >= 0.6 is 22.6 Å². The number of hydrogen-bond acceptors (Lipinski definition) is 3. The number of anilines is 1. The molecule has 1 aromatic carbocycles. The highest BCUT2D eigenvalue weighted by Crippen LogP contribution is 2.24. The molecule has 3 aliphatic heterocycles. The fourth-order valence-corrected chi connectivity index (χ4v) is 5.75. The molecule has 0 bridgehead atoms. The molecule has 4 rings (SSSR count). The minimum absolute atomic E-state index is 0.122. The molecule has 4 N–H and O–H groups in total. The van der Waals surface area contributed by atoms with Crippen molar-refractivity contribution in [2.45, 2.75) is 50.1 Å². The topological polar surface area (TPSA) is 89.3 Å². The van der Waals surface area contributed by atoms with E-state index >= 15 is 0 Å². The van der Waals surface area contributed by atoms with Crippen LogP contribution < -0.4 is 20.4 Å². The molecule has 7 nitrogen and oxygen atoms in total. The standard InChI is InChI=1S/C21H27IN4O3/c22-15-4-6-16(7-5-15)26-18(27)14-17(19(26)28)24-12-8-21(9-13-24,20(23)29)25-10-2-1-3-11-25/h4-7,17H,1-3,8-14H2,(H2,23,29)/p+2/t17-/m1/s1. The summed E-state index contributed by atoms with van der Waals surface area (Å²) in [6.45, 7) is 3.41. The zero-order valence-corrected chi connectivity index (χ0v) is 18.7. The molecule has 8 heteroatoms. The van der Waals surface area contributed by atoms with Crippen molar-refractivity contribution >= 4 is 46.0 Å². The Morgan fingerprint density at radius 3 is 2.24 bits per heavy atom. The van der Waals surface area contributed by atoms with Crippen molar-refractivity contribution in [3.05, 3.63) is 27.8 Å². The average molecular weight is 512 g/mol. The smallest absolute Gasteiger partial charge is 0.292 e. The van der Waals surface area contributed by atoms with Gasteiger partial charge in [0.15, 0.2) is 11.6 Å². The van der Waals surface area contributed by atoms with E-state index in [9.17, 15) is 14.4 Å². The predicted octanol–water partition coefficient (Wildman–Crippen LogP) is -1.11. The van der Waals surface area contributed by atoms with E-state index in [1.54, 1.807) is 0 Å². The van der Waals surface area contributed by atoms with Crippen molar-refractivity contribution in [1.29, 1.82) is 0 Å². The van der Waals surface area contributed by atoms with Crippen LogP contribution in [0.25, 0.3) is 0 Å². The van der Waals surface area contributed by atoms with Crippen molar-refractivity contribution in [2.75, 3.05) is 31.1 Å². The Bertz CT molecular complexity index is 799. The lowest BCUT2D eigenvalue weighted by atomic mass is 9.83. The third-order valence-corrected chi connectivity index (χ3v) is 7.79. The minimum atomic E-state index is -0.509. The molecular weight excluding hydrogens is 483 g/mol. The quantitative estimate of drug-likeness (QED) is 0.354. The van der Waals surface area contributed by atoms with Gasteiger partial charge in [0.1, 0.15) is 0 Å². The third kappa shape index (κ3) is 3.82. The monoisotopic (exact) mass is 512 g/mol. The number of nitrogens with zero attached hydrogens (tertiary/aromatic N) is 1. The molecule has 156 valence electrons. The van der Waals surface area contributed by atoms with Crippen LogP contribution in [0, 0.1) is 3.57 Å². The molecular formula is C21H29IN4O3+2. The van der Waals surface area contributed by atoms with Crippen LogP contribution in [0.2, 0.25) is 0 Å². The number of quaternary nitrogens is 2. The maximum atomic E-state index is 13.1. The number of nitrogens with one attached hydrogen (secondary N) is 2. The first-order valence-corrected chi connectivity index (χ1v) is 11.6. The number of likely N-dealkylation sites (tertiary alicyclic amines) is 2. The second kappa shape index (κ2) is 8.31. The lowest BCUT2D eigenvalue weighted by molar-refractivity contribution is -0.978. The van der Waals surface area contributed by atoms with Gasteiger partial charge in [-0.25, -0.2) is 4.90 Å². The lowest BCUT2D eigenvalue weighted by Crippen LogP contribution is -3.27. The predicted molar refractivity (Wildman–Crippen MR) is 116 cm³/mol. The van der Waals surface area contributed by atoms with Crippen molar-refractivity contribution in [3.63, 3.8) is 0 Å². The van der Waals surface area contributed by atoms with Gasteiger partial charge in [-0.15, -0.1) is 0 Å². The van der Waals surface area contributed by atoms with Gasteiger partial charge in [0.05, 0.1) is 51.1 Å². The summed E-state index contributed by atoms with van der Waals surface area (Å²) >= 11 is 2.20. The molecule has 1 aromatic rings. The summed E-state index contributed by atoms with van der Waals surface area (Å²) in [7, 11) is 0. The molecule has 0 aliphatic carbocycles. The van der Waals surface area contributed by atoms with Gasteiger partial charge in [0.25, 0.3) is 11.8 Å². The van der Waals surface area contributed by atoms with Crippen LogP contribution in [0.1, 0.15) is 38.5 Å². The first kappa shape index (κ1) is 20.7. The van der Waals surface area contributed by atoms with Crippen LogP contribution in [0.5, 0.6) is 0 Å². The third-order valence-electron chi connectivity index (χ3n) is 7.08. The molecule has 3 saturated heterocycles. The highest BCUT2D eigenvalue weighted by atomic mass is 127. The van der Waals surface area contributed by atoms with Crippen molar-refractivity contribution in [3.8, 4) is 0 Å². The SMILES string of the molecule is NC(=O)C1([NH+]2CCCCC2)CC[NH+]([C@@H]2CC(=O)N(c3ccc(I)cc3)C2=O)CC1. The van der Waals surface area contributed by atoms with Crippen LogP contribution in [0.3, 0.4) is 0 Å².